The first-order valence-corrected chi connectivity index (χ1v) is 8.92. The zero-order chi connectivity index (χ0) is 16.7. The Bertz CT molecular complexity index is 575. The highest BCUT2D eigenvalue weighted by Gasteiger charge is 2.37. The van der Waals surface area contributed by atoms with Crippen molar-refractivity contribution in [3.8, 4) is 0 Å². The molecule has 1 aromatic rings. The summed E-state index contributed by atoms with van der Waals surface area (Å²) in [6.45, 7) is 6.67. The van der Waals surface area contributed by atoms with Crippen LogP contribution >= 0.6 is 0 Å². The number of ether oxygens (including phenoxy) is 1. The van der Waals surface area contributed by atoms with Crippen molar-refractivity contribution in [2.75, 3.05) is 7.11 Å². The lowest BCUT2D eigenvalue weighted by atomic mass is 9.85. The predicted molar refractivity (Wildman–Crippen MR) is 96.4 cm³/mol. The minimum Gasteiger partial charge on any atom is -0.466 e. The second-order valence-electron chi connectivity index (χ2n) is 6.28. The van der Waals surface area contributed by atoms with Crippen molar-refractivity contribution in [3.63, 3.8) is 0 Å². The summed E-state index contributed by atoms with van der Waals surface area (Å²) in [4.78, 5) is 0. The first-order chi connectivity index (χ1) is 11.2. The number of hydrogen-bond acceptors (Lipinski definition) is 2. The van der Waals surface area contributed by atoms with E-state index in [1.807, 2.05) is 12.1 Å². The molecular weight excluding hydrogens is 284 g/mol. The quantitative estimate of drug-likeness (QED) is 0.560. The molecule has 126 valence electrons. The molecule has 0 saturated heterocycles. The summed E-state index contributed by atoms with van der Waals surface area (Å²) in [5.41, 5.74) is 3.47. The summed E-state index contributed by atoms with van der Waals surface area (Å²) in [6.07, 6.45) is 15.3. The molecule has 23 heavy (non-hydrogen) atoms. The van der Waals surface area contributed by atoms with Crippen LogP contribution in [-0.2, 0) is 10.3 Å². The van der Waals surface area contributed by atoms with Crippen molar-refractivity contribution in [2.24, 2.45) is 0 Å². The van der Waals surface area contributed by atoms with Crippen molar-refractivity contribution in [1.82, 2.24) is 0 Å². The van der Waals surface area contributed by atoms with Crippen LogP contribution in [0.25, 0.3) is 0 Å². The van der Waals surface area contributed by atoms with Crippen LogP contribution in [0.5, 0.6) is 0 Å². The zero-order valence-electron chi connectivity index (χ0n) is 15.0. The molecule has 0 N–H and O–H groups in total. The number of rotatable bonds is 8. The second-order valence-corrected chi connectivity index (χ2v) is 6.28. The molecule has 0 aromatic carbocycles. The third kappa shape index (κ3) is 3.87. The lowest BCUT2D eigenvalue weighted by Gasteiger charge is -2.30. The van der Waals surface area contributed by atoms with Crippen molar-refractivity contribution in [2.45, 2.75) is 64.9 Å². The van der Waals surface area contributed by atoms with Gasteiger partial charge in [0, 0.05) is 7.11 Å². The molecule has 1 aromatic heterocycles. The molecule has 0 bridgehead atoms. The van der Waals surface area contributed by atoms with E-state index in [0.29, 0.717) is 0 Å². The predicted octanol–water partition coefficient (Wildman–Crippen LogP) is 6.31. The van der Waals surface area contributed by atoms with Crippen LogP contribution in [-0.4, -0.2) is 7.11 Å². The molecule has 1 unspecified atom stereocenters. The van der Waals surface area contributed by atoms with Gasteiger partial charge >= 0.3 is 0 Å². The average Bonchev–Trinajstić information content (AvgIpc) is 3.03. The van der Waals surface area contributed by atoms with E-state index in [1.54, 1.807) is 13.4 Å². The van der Waals surface area contributed by atoms with E-state index in [2.05, 4.69) is 39.0 Å². The maximum Gasteiger partial charge on any atom is 0.165 e. The summed E-state index contributed by atoms with van der Waals surface area (Å²) in [5, 5.41) is 0. The number of furan rings is 1. The summed E-state index contributed by atoms with van der Waals surface area (Å²) in [7, 11) is 1.79. The van der Waals surface area contributed by atoms with Gasteiger partial charge in [0.2, 0.25) is 0 Å². The van der Waals surface area contributed by atoms with Gasteiger partial charge in [-0.3, -0.25) is 0 Å². The lowest BCUT2D eigenvalue weighted by molar-refractivity contribution is 0.0392. The molecule has 2 rings (SSSR count). The Morgan fingerprint density at radius 1 is 0.957 bits per heavy atom. The molecule has 0 fully saturated rings. The van der Waals surface area contributed by atoms with Crippen LogP contribution in [0.2, 0.25) is 0 Å². The summed E-state index contributed by atoms with van der Waals surface area (Å²) < 4.78 is 11.9. The minimum absolute atomic E-state index is 0.573. The van der Waals surface area contributed by atoms with Gasteiger partial charge in [-0.2, -0.15) is 0 Å². The minimum atomic E-state index is -0.573. The van der Waals surface area contributed by atoms with Crippen molar-refractivity contribution < 1.29 is 9.15 Å². The number of hydrogen-bond donors (Lipinski definition) is 0. The van der Waals surface area contributed by atoms with E-state index in [0.717, 1.165) is 44.3 Å². The van der Waals surface area contributed by atoms with Crippen LogP contribution in [0.4, 0.5) is 0 Å². The fourth-order valence-corrected chi connectivity index (χ4v) is 3.41. The highest BCUT2D eigenvalue weighted by molar-refractivity contribution is 5.46. The summed E-state index contributed by atoms with van der Waals surface area (Å²) in [6, 6.07) is 3.97. The third-order valence-corrected chi connectivity index (χ3v) is 4.40. The van der Waals surface area contributed by atoms with Gasteiger partial charge in [0.25, 0.3) is 0 Å². The van der Waals surface area contributed by atoms with E-state index in [4.69, 9.17) is 9.15 Å². The van der Waals surface area contributed by atoms with E-state index in [-0.39, 0.29) is 0 Å². The Hall–Kier alpha value is -1.54. The Kier molecular flexibility index (Phi) is 6.47. The average molecular weight is 314 g/mol. The second kappa shape index (κ2) is 8.35. The van der Waals surface area contributed by atoms with Crippen LogP contribution in [0.1, 0.15) is 65.1 Å². The Morgan fingerprint density at radius 3 is 2.22 bits per heavy atom. The molecule has 1 heterocycles. The Morgan fingerprint density at radius 2 is 1.65 bits per heavy atom. The van der Waals surface area contributed by atoms with Gasteiger partial charge in [-0.05, 0) is 54.2 Å². The van der Waals surface area contributed by atoms with Gasteiger partial charge in [0.05, 0.1) is 6.26 Å². The molecule has 1 aliphatic carbocycles. The van der Waals surface area contributed by atoms with Crippen LogP contribution in [0.15, 0.2) is 57.8 Å². The van der Waals surface area contributed by atoms with Crippen molar-refractivity contribution in [1.29, 1.82) is 0 Å². The van der Waals surface area contributed by atoms with Gasteiger partial charge in [0.1, 0.15) is 5.76 Å². The fraction of sp³-hybridized carbons (Fsp3) is 0.524. The van der Waals surface area contributed by atoms with Crippen LogP contribution in [0, 0.1) is 0 Å². The topological polar surface area (TPSA) is 22.4 Å². The SMILES string of the molecule is CCCC1=CC(CCC)=CC(OC)(c2ccco2)C(CCC)=C1. The third-order valence-electron chi connectivity index (χ3n) is 4.40. The standard InChI is InChI=1S/C21H30O2/c1-5-9-17-14-18(10-6-2)16-21(22-4,19(15-17)11-7-3)20-12-8-13-23-20/h8,12-16H,5-7,9-11H2,1-4H3. The molecule has 1 atom stereocenters. The van der Waals surface area contributed by atoms with E-state index >= 15 is 0 Å². The Balaban J connectivity index is 2.60. The van der Waals surface area contributed by atoms with Gasteiger partial charge in [-0.1, -0.05) is 52.2 Å². The van der Waals surface area contributed by atoms with E-state index in [9.17, 15) is 0 Å². The molecule has 0 amide bonds. The van der Waals surface area contributed by atoms with E-state index < -0.39 is 5.60 Å². The van der Waals surface area contributed by atoms with Gasteiger partial charge in [-0.25, -0.2) is 0 Å². The molecule has 0 saturated carbocycles. The maximum absolute atomic E-state index is 6.10. The fourth-order valence-electron chi connectivity index (χ4n) is 3.41. The molecule has 0 radical (unpaired) electrons. The highest BCUT2D eigenvalue weighted by Crippen LogP contribution is 2.42. The molecular formula is C21H30O2. The largest absolute Gasteiger partial charge is 0.466 e. The maximum atomic E-state index is 6.10. The first-order valence-electron chi connectivity index (χ1n) is 8.92. The van der Waals surface area contributed by atoms with Crippen molar-refractivity contribution >= 4 is 0 Å². The monoisotopic (exact) mass is 314 g/mol. The molecule has 0 aliphatic heterocycles. The number of allylic oxidation sites excluding steroid dienone is 4. The van der Waals surface area contributed by atoms with Crippen LogP contribution < -0.4 is 0 Å². The smallest absolute Gasteiger partial charge is 0.165 e. The molecule has 2 heteroatoms. The molecule has 1 aliphatic rings. The van der Waals surface area contributed by atoms with E-state index in [1.165, 1.54) is 16.7 Å². The first kappa shape index (κ1) is 17.8. The Labute approximate surface area is 140 Å². The molecule has 2 nitrogen and oxygen atoms in total. The van der Waals surface area contributed by atoms with Gasteiger partial charge in [-0.15, -0.1) is 0 Å². The lowest BCUT2D eigenvalue weighted by Crippen LogP contribution is -2.28. The van der Waals surface area contributed by atoms with Gasteiger partial charge in [0.15, 0.2) is 5.60 Å². The van der Waals surface area contributed by atoms with Crippen molar-refractivity contribution in [3.05, 3.63) is 59.1 Å². The molecule has 0 spiro atoms. The van der Waals surface area contributed by atoms with Crippen LogP contribution in [0.3, 0.4) is 0 Å². The summed E-state index contributed by atoms with van der Waals surface area (Å²) >= 11 is 0. The normalized spacial score (nSPS) is 21.5. The summed E-state index contributed by atoms with van der Waals surface area (Å²) in [5.74, 6) is 0.874. The number of methoxy groups -OCH3 is 1. The van der Waals surface area contributed by atoms with Gasteiger partial charge < -0.3 is 9.15 Å². The zero-order valence-corrected chi connectivity index (χ0v) is 15.0. The highest BCUT2D eigenvalue weighted by atomic mass is 16.5.